The van der Waals surface area contributed by atoms with Crippen molar-refractivity contribution in [3.8, 4) is 5.75 Å². The molecule has 0 fully saturated rings. The molecule has 11 heteroatoms. The average Bonchev–Trinajstić information content (AvgIpc) is 3.04. The third-order valence-electron chi connectivity index (χ3n) is 3.56. The molecule has 2 aromatic rings. The average molecular weight is 439 g/mol. The minimum absolute atomic E-state index is 0.0118. The van der Waals surface area contributed by atoms with E-state index in [1.54, 1.807) is 13.8 Å². The first kappa shape index (κ1) is 21.5. The molecule has 0 spiro atoms. The number of ether oxygens (including phenoxy) is 1. The van der Waals surface area contributed by atoms with Crippen LogP contribution in [0.2, 0.25) is 5.02 Å². The van der Waals surface area contributed by atoms with Gasteiger partial charge in [0, 0.05) is 18.8 Å². The number of amides is 1. The molecule has 0 atom stereocenters. The normalized spacial score (nSPS) is 11.8. The molecule has 0 radical (unpaired) electrons. The lowest BCUT2D eigenvalue weighted by atomic mass is 10.3. The second-order valence-corrected chi connectivity index (χ2v) is 8.41. The highest BCUT2D eigenvalue weighted by Crippen LogP contribution is 2.30. The number of nitrogens with one attached hydrogen (secondary N) is 1. The number of hydrogen-bond donors (Lipinski definition) is 1. The van der Waals surface area contributed by atoms with E-state index in [-0.39, 0.29) is 39.3 Å². The second kappa shape index (κ2) is 8.96. The fraction of sp³-hybridized carbons (Fsp3) is 0.312. The number of nitrogens with zero attached hydrogens (tertiary/aromatic N) is 1. The number of alkyl halides is 2. The molecular formula is C16H17ClF2N2O4S2. The summed E-state index contributed by atoms with van der Waals surface area (Å²) in [5.41, 5.74) is 0.159. The Morgan fingerprint density at radius 1 is 1.30 bits per heavy atom. The monoisotopic (exact) mass is 438 g/mol. The number of benzene rings is 1. The zero-order chi connectivity index (χ0) is 20.2. The third kappa shape index (κ3) is 4.95. The van der Waals surface area contributed by atoms with E-state index in [0.29, 0.717) is 0 Å². The van der Waals surface area contributed by atoms with Gasteiger partial charge < -0.3 is 10.1 Å². The van der Waals surface area contributed by atoms with Crippen LogP contribution in [0.5, 0.6) is 5.75 Å². The van der Waals surface area contributed by atoms with Gasteiger partial charge >= 0.3 is 6.61 Å². The summed E-state index contributed by atoms with van der Waals surface area (Å²) in [6.07, 6.45) is 0. The Morgan fingerprint density at radius 3 is 2.56 bits per heavy atom. The predicted molar refractivity (Wildman–Crippen MR) is 100 cm³/mol. The van der Waals surface area contributed by atoms with Gasteiger partial charge in [-0.25, -0.2) is 8.42 Å². The highest BCUT2D eigenvalue weighted by atomic mass is 35.5. The van der Waals surface area contributed by atoms with Crippen molar-refractivity contribution in [2.75, 3.05) is 18.4 Å². The molecule has 0 unspecified atom stereocenters. The number of halogens is 3. The topological polar surface area (TPSA) is 75.7 Å². The van der Waals surface area contributed by atoms with Crippen molar-refractivity contribution < 1.29 is 26.7 Å². The summed E-state index contributed by atoms with van der Waals surface area (Å²) >= 11 is 6.96. The molecule has 148 valence electrons. The number of carbonyl (C=O) groups is 1. The maximum atomic E-state index is 12.7. The molecule has 0 saturated carbocycles. The molecule has 1 N–H and O–H groups in total. The Balaban J connectivity index is 2.31. The number of anilines is 1. The van der Waals surface area contributed by atoms with Crippen molar-refractivity contribution in [2.45, 2.75) is 25.4 Å². The van der Waals surface area contributed by atoms with Gasteiger partial charge in [0.15, 0.2) is 0 Å². The molecule has 0 saturated heterocycles. The minimum atomic E-state index is -3.84. The zero-order valence-corrected chi connectivity index (χ0v) is 16.8. The summed E-state index contributed by atoms with van der Waals surface area (Å²) < 4.78 is 55.7. The van der Waals surface area contributed by atoms with Crippen LogP contribution in [0.15, 0.2) is 34.5 Å². The highest BCUT2D eigenvalue weighted by Gasteiger charge is 2.25. The van der Waals surface area contributed by atoms with Crippen molar-refractivity contribution in [2.24, 2.45) is 0 Å². The van der Waals surface area contributed by atoms with Crippen LogP contribution in [-0.4, -0.2) is 38.3 Å². The molecule has 6 nitrogen and oxygen atoms in total. The van der Waals surface area contributed by atoms with E-state index in [4.69, 9.17) is 11.6 Å². The van der Waals surface area contributed by atoms with E-state index in [2.05, 4.69) is 10.1 Å². The lowest BCUT2D eigenvalue weighted by Gasteiger charge is -2.19. The van der Waals surface area contributed by atoms with Gasteiger partial charge in [0.1, 0.15) is 15.5 Å². The van der Waals surface area contributed by atoms with E-state index in [9.17, 15) is 22.0 Å². The SMILES string of the molecule is CCN(CC)S(=O)(=O)c1cc(NC(=O)c2sccc2OC(F)F)ccc1Cl. The van der Waals surface area contributed by atoms with Crippen LogP contribution in [0, 0.1) is 0 Å². The summed E-state index contributed by atoms with van der Waals surface area (Å²) in [5.74, 6) is -0.952. The van der Waals surface area contributed by atoms with Gasteiger partial charge in [0.2, 0.25) is 10.0 Å². The number of carbonyl (C=O) groups excluding carboxylic acids is 1. The fourth-order valence-electron chi connectivity index (χ4n) is 2.32. The first-order chi connectivity index (χ1) is 12.7. The van der Waals surface area contributed by atoms with Crippen LogP contribution in [0.1, 0.15) is 23.5 Å². The molecule has 0 bridgehead atoms. The van der Waals surface area contributed by atoms with Gasteiger partial charge in [0.05, 0.1) is 5.02 Å². The quantitative estimate of drug-likeness (QED) is 0.667. The van der Waals surface area contributed by atoms with Crippen LogP contribution in [0.25, 0.3) is 0 Å². The van der Waals surface area contributed by atoms with Crippen molar-refractivity contribution in [3.05, 3.63) is 39.5 Å². The first-order valence-electron chi connectivity index (χ1n) is 7.84. The molecular weight excluding hydrogens is 422 g/mol. The number of sulfonamides is 1. The van der Waals surface area contributed by atoms with Gasteiger partial charge in [0.25, 0.3) is 5.91 Å². The van der Waals surface area contributed by atoms with Crippen LogP contribution in [0.4, 0.5) is 14.5 Å². The standard InChI is InChI=1S/C16H17ClF2N2O4S2/c1-3-21(4-2)27(23,24)13-9-10(5-6-11(13)17)20-15(22)14-12(7-8-26-14)25-16(18)19/h5-9,16H,3-4H2,1-2H3,(H,20,22). The van der Waals surface area contributed by atoms with E-state index in [0.717, 1.165) is 11.3 Å². The molecule has 2 rings (SSSR count). The van der Waals surface area contributed by atoms with Gasteiger partial charge in [-0.3, -0.25) is 4.79 Å². The third-order valence-corrected chi connectivity index (χ3v) is 6.99. The van der Waals surface area contributed by atoms with Crippen LogP contribution < -0.4 is 10.1 Å². The van der Waals surface area contributed by atoms with Crippen LogP contribution in [-0.2, 0) is 10.0 Å². The molecule has 0 aliphatic heterocycles. The zero-order valence-electron chi connectivity index (χ0n) is 14.4. The van der Waals surface area contributed by atoms with Gasteiger partial charge in [-0.2, -0.15) is 13.1 Å². The Labute approximate surface area is 164 Å². The molecule has 1 heterocycles. The highest BCUT2D eigenvalue weighted by molar-refractivity contribution is 7.89. The van der Waals surface area contributed by atoms with E-state index >= 15 is 0 Å². The summed E-state index contributed by atoms with van der Waals surface area (Å²) in [4.78, 5) is 12.1. The summed E-state index contributed by atoms with van der Waals surface area (Å²) in [7, 11) is -3.84. The lowest BCUT2D eigenvalue weighted by molar-refractivity contribution is -0.0498. The van der Waals surface area contributed by atoms with Crippen molar-refractivity contribution in [3.63, 3.8) is 0 Å². The minimum Gasteiger partial charge on any atom is -0.433 e. The van der Waals surface area contributed by atoms with E-state index < -0.39 is 22.5 Å². The van der Waals surface area contributed by atoms with Crippen molar-refractivity contribution in [1.29, 1.82) is 0 Å². The number of thiophene rings is 1. The molecule has 0 aliphatic rings. The Kier molecular flexibility index (Phi) is 7.15. The van der Waals surface area contributed by atoms with Crippen LogP contribution >= 0.6 is 22.9 Å². The number of hydrogen-bond acceptors (Lipinski definition) is 5. The summed E-state index contributed by atoms with van der Waals surface area (Å²) in [6.45, 7) is 0.849. The van der Waals surface area contributed by atoms with Crippen molar-refractivity contribution in [1.82, 2.24) is 4.31 Å². The fourth-order valence-corrected chi connectivity index (χ4v) is 5.00. The first-order valence-corrected chi connectivity index (χ1v) is 10.5. The Morgan fingerprint density at radius 2 is 1.96 bits per heavy atom. The number of rotatable bonds is 8. The smallest absolute Gasteiger partial charge is 0.387 e. The summed E-state index contributed by atoms with van der Waals surface area (Å²) in [6, 6.07) is 5.25. The van der Waals surface area contributed by atoms with E-state index in [1.165, 1.54) is 34.0 Å². The molecule has 0 aliphatic carbocycles. The summed E-state index contributed by atoms with van der Waals surface area (Å²) in [5, 5.41) is 3.92. The van der Waals surface area contributed by atoms with Crippen molar-refractivity contribution >= 4 is 44.6 Å². The van der Waals surface area contributed by atoms with Gasteiger partial charge in [-0.1, -0.05) is 25.4 Å². The van der Waals surface area contributed by atoms with Gasteiger partial charge in [-0.05, 0) is 29.6 Å². The van der Waals surface area contributed by atoms with Crippen LogP contribution in [0.3, 0.4) is 0 Å². The molecule has 1 amide bonds. The molecule has 27 heavy (non-hydrogen) atoms. The largest absolute Gasteiger partial charge is 0.433 e. The molecule has 1 aromatic heterocycles. The Bertz CT molecular complexity index is 915. The second-order valence-electron chi connectivity index (χ2n) is 5.18. The van der Waals surface area contributed by atoms with Gasteiger partial charge in [-0.15, -0.1) is 11.3 Å². The Hall–Kier alpha value is -1.75. The maximum absolute atomic E-state index is 12.7. The maximum Gasteiger partial charge on any atom is 0.387 e. The molecule has 1 aromatic carbocycles. The predicted octanol–water partition coefficient (Wildman–Crippen LogP) is 4.29. The van der Waals surface area contributed by atoms with E-state index in [1.807, 2.05) is 0 Å². The lowest BCUT2D eigenvalue weighted by Crippen LogP contribution is -2.30.